The molecule has 0 spiro atoms. The zero-order valence-electron chi connectivity index (χ0n) is 17.9. The smallest absolute Gasteiger partial charge is 0.261 e. The first-order chi connectivity index (χ1) is 14.2. The van der Waals surface area contributed by atoms with E-state index >= 15 is 0 Å². The van der Waals surface area contributed by atoms with Gasteiger partial charge in [-0.05, 0) is 69.7 Å². The zero-order valence-corrected chi connectivity index (χ0v) is 18.7. The molecule has 0 aromatic heterocycles. The molecule has 0 aliphatic heterocycles. The van der Waals surface area contributed by atoms with Crippen LogP contribution in [0.15, 0.2) is 48.5 Å². The predicted molar refractivity (Wildman–Crippen MR) is 124 cm³/mol. The highest BCUT2D eigenvalue weighted by Gasteiger charge is 2.16. The Morgan fingerprint density at radius 2 is 1.77 bits per heavy atom. The molecule has 0 fully saturated rings. The highest BCUT2D eigenvalue weighted by molar-refractivity contribution is 7.80. The topological polar surface area (TPSA) is 79.5 Å². The Kier molecular flexibility index (Phi) is 8.35. The Morgan fingerprint density at radius 3 is 2.47 bits per heavy atom. The summed E-state index contributed by atoms with van der Waals surface area (Å²) in [6.07, 6.45) is 1.92. The van der Waals surface area contributed by atoms with Crippen molar-refractivity contribution in [3.63, 3.8) is 0 Å². The van der Waals surface area contributed by atoms with Crippen molar-refractivity contribution in [1.29, 1.82) is 0 Å². The highest BCUT2D eigenvalue weighted by atomic mass is 32.1. The first kappa shape index (κ1) is 23.3. The van der Waals surface area contributed by atoms with Crippen LogP contribution >= 0.6 is 12.2 Å². The van der Waals surface area contributed by atoms with Gasteiger partial charge in [0.1, 0.15) is 5.75 Å². The van der Waals surface area contributed by atoms with E-state index in [0.717, 1.165) is 12.8 Å². The maximum atomic E-state index is 12.6. The van der Waals surface area contributed by atoms with Crippen LogP contribution in [0.5, 0.6) is 5.75 Å². The standard InChI is InChI=1S/C23H29N3O3S/c1-5-6-14-29-19-13-8-7-12-18(19)21(28)25-22(30)24-17-11-9-10-16(15-17)20(27)26-23(2,3)4/h7-13,15H,5-6,14H2,1-4H3,(H,26,27)(H2,24,25,28,30). The molecule has 0 atom stereocenters. The lowest BCUT2D eigenvalue weighted by molar-refractivity contribution is 0.0918. The second kappa shape index (κ2) is 10.7. The number of hydrogen-bond donors (Lipinski definition) is 3. The summed E-state index contributed by atoms with van der Waals surface area (Å²) in [6.45, 7) is 8.38. The predicted octanol–water partition coefficient (Wildman–Crippen LogP) is 4.52. The summed E-state index contributed by atoms with van der Waals surface area (Å²) in [5.41, 5.74) is 1.18. The van der Waals surface area contributed by atoms with E-state index in [0.29, 0.717) is 29.2 Å². The molecule has 6 nitrogen and oxygen atoms in total. The van der Waals surface area contributed by atoms with Crippen molar-refractivity contribution in [3.8, 4) is 5.75 Å². The molecular formula is C23H29N3O3S. The van der Waals surface area contributed by atoms with Crippen molar-refractivity contribution in [2.24, 2.45) is 0 Å². The van der Waals surface area contributed by atoms with Gasteiger partial charge in [0.15, 0.2) is 5.11 Å². The second-order valence-corrected chi connectivity index (χ2v) is 8.30. The minimum absolute atomic E-state index is 0.136. The lowest BCUT2D eigenvalue weighted by atomic mass is 10.1. The average molecular weight is 428 g/mol. The van der Waals surface area contributed by atoms with Crippen LogP contribution in [0.3, 0.4) is 0 Å². The zero-order chi connectivity index (χ0) is 22.1. The van der Waals surface area contributed by atoms with Gasteiger partial charge in [0.05, 0.1) is 12.2 Å². The number of anilines is 1. The third-order valence-electron chi connectivity index (χ3n) is 3.99. The van der Waals surface area contributed by atoms with Gasteiger partial charge in [-0.2, -0.15) is 0 Å². The quantitative estimate of drug-likeness (QED) is 0.447. The second-order valence-electron chi connectivity index (χ2n) is 7.89. The maximum Gasteiger partial charge on any atom is 0.261 e. The maximum absolute atomic E-state index is 12.6. The summed E-state index contributed by atoms with van der Waals surface area (Å²) in [7, 11) is 0. The van der Waals surface area contributed by atoms with Crippen LogP contribution in [0, 0.1) is 0 Å². The molecule has 0 aliphatic rings. The van der Waals surface area contributed by atoms with Crippen molar-refractivity contribution in [2.45, 2.75) is 46.1 Å². The van der Waals surface area contributed by atoms with Gasteiger partial charge in [-0.3, -0.25) is 14.9 Å². The lowest BCUT2D eigenvalue weighted by Gasteiger charge is -2.20. The van der Waals surface area contributed by atoms with Crippen LogP contribution in [0.1, 0.15) is 61.3 Å². The minimum Gasteiger partial charge on any atom is -0.493 e. The summed E-state index contributed by atoms with van der Waals surface area (Å²) in [5.74, 6) is -0.0208. The number of hydrogen-bond acceptors (Lipinski definition) is 4. The molecule has 0 bridgehead atoms. The van der Waals surface area contributed by atoms with E-state index in [1.54, 1.807) is 42.5 Å². The molecule has 2 rings (SSSR count). The van der Waals surface area contributed by atoms with E-state index in [9.17, 15) is 9.59 Å². The summed E-state index contributed by atoms with van der Waals surface area (Å²) in [5, 5.41) is 8.66. The van der Waals surface area contributed by atoms with E-state index in [1.165, 1.54) is 0 Å². The molecule has 0 saturated heterocycles. The number of thiocarbonyl (C=S) groups is 1. The van der Waals surface area contributed by atoms with E-state index < -0.39 is 0 Å². The van der Waals surface area contributed by atoms with Gasteiger partial charge >= 0.3 is 0 Å². The Balaban J connectivity index is 2.02. The van der Waals surface area contributed by atoms with Gasteiger partial charge in [-0.15, -0.1) is 0 Å². The Bertz CT molecular complexity index is 907. The number of amides is 2. The Hall–Kier alpha value is -2.93. The van der Waals surface area contributed by atoms with Crippen molar-refractivity contribution in [2.75, 3.05) is 11.9 Å². The third kappa shape index (κ3) is 7.48. The number of unbranched alkanes of at least 4 members (excludes halogenated alkanes) is 1. The summed E-state index contributed by atoms with van der Waals surface area (Å²) >= 11 is 5.27. The van der Waals surface area contributed by atoms with E-state index in [2.05, 4.69) is 22.9 Å². The van der Waals surface area contributed by atoms with E-state index in [1.807, 2.05) is 26.8 Å². The molecule has 0 aliphatic carbocycles. The van der Waals surface area contributed by atoms with E-state index in [4.69, 9.17) is 17.0 Å². The Labute approximate surface area is 183 Å². The molecule has 2 aromatic rings. The van der Waals surface area contributed by atoms with Crippen LogP contribution in [-0.2, 0) is 0 Å². The third-order valence-corrected chi connectivity index (χ3v) is 4.19. The molecule has 2 aromatic carbocycles. The molecule has 0 unspecified atom stereocenters. The number of benzene rings is 2. The fourth-order valence-corrected chi connectivity index (χ4v) is 2.80. The van der Waals surface area contributed by atoms with E-state index in [-0.39, 0.29) is 22.5 Å². The molecule has 160 valence electrons. The van der Waals surface area contributed by atoms with Gasteiger partial charge in [-0.1, -0.05) is 31.5 Å². The normalized spacial score (nSPS) is 10.8. The summed E-state index contributed by atoms with van der Waals surface area (Å²) in [4.78, 5) is 25.0. The van der Waals surface area contributed by atoms with Gasteiger partial charge in [0, 0.05) is 16.8 Å². The largest absolute Gasteiger partial charge is 0.493 e. The van der Waals surface area contributed by atoms with Gasteiger partial charge < -0.3 is 15.4 Å². The molecular weight excluding hydrogens is 398 g/mol. The number of ether oxygens (including phenoxy) is 1. The minimum atomic E-state index is -0.360. The van der Waals surface area contributed by atoms with Gasteiger partial charge in [0.2, 0.25) is 0 Å². The van der Waals surface area contributed by atoms with Crippen molar-refractivity contribution < 1.29 is 14.3 Å². The number of para-hydroxylation sites is 1. The van der Waals surface area contributed by atoms with Crippen molar-refractivity contribution in [1.82, 2.24) is 10.6 Å². The summed E-state index contributed by atoms with van der Waals surface area (Å²) < 4.78 is 5.71. The fourth-order valence-electron chi connectivity index (χ4n) is 2.59. The highest BCUT2D eigenvalue weighted by Crippen LogP contribution is 2.18. The summed E-state index contributed by atoms with van der Waals surface area (Å²) in [6, 6.07) is 14.0. The molecule has 7 heteroatoms. The molecule has 30 heavy (non-hydrogen) atoms. The average Bonchev–Trinajstić information content (AvgIpc) is 2.67. The number of rotatable bonds is 7. The SMILES string of the molecule is CCCCOc1ccccc1C(=O)NC(=S)Nc1cccc(C(=O)NC(C)(C)C)c1. The first-order valence-corrected chi connectivity index (χ1v) is 10.4. The van der Waals surface area contributed by atoms with Gasteiger partial charge in [0.25, 0.3) is 11.8 Å². The van der Waals surface area contributed by atoms with Crippen LogP contribution < -0.4 is 20.7 Å². The molecule has 3 N–H and O–H groups in total. The lowest BCUT2D eigenvalue weighted by Crippen LogP contribution is -2.40. The van der Waals surface area contributed by atoms with Crippen LogP contribution in [0.4, 0.5) is 5.69 Å². The molecule has 0 heterocycles. The van der Waals surface area contributed by atoms with Crippen molar-refractivity contribution in [3.05, 3.63) is 59.7 Å². The van der Waals surface area contributed by atoms with Crippen LogP contribution in [0.25, 0.3) is 0 Å². The first-order valence-electron chi connectivity index (χ1n) is 9.96. The molecule has 0 radical (unpaired) electrons. The number of nitrogens with one attached hydrogen (secondary N) is 3. The van der Waals surface area contributed by atoms with Crippen LogP contribution in [0.2, 0.25) is 0 Å². The van der Waals surface area contributed by atoms with Crippen LogP contribution in [-0.4, -0.2) is 29.1 Å². The number of carbonyl (C=O) groups is 2. The molecule has 2 amide bonds. The Morgan fingerprint density at radius 1 is 1.03 bits per heavy atom. The fraction of sp³-hybridized carbons (Fsp3) is 0.348. The monoisotopic (exact) mass is 427 g/mol. The number of carbonyl (C=O) groups excluding carboxylic acids is 2. The molecule has 0 saturated carbocycles. The van der Waals surface area contributed by atoms with Gasteiger partial charge in [-0.25, -0.2) is 0 Å². The van der Waals surface area contributed by atoms with Crippen molar-refractivity contribution >= 4 is 34.8 Å².